The average Bonchev–Trinajstić information content (AvgIpc) is 2.40. The number of rotatable bonds is 2. The summed E-state index contributed by atoms with van der Waals surface area (Å²) in [5.41, 5.74) is 4.35. The van der Waals surface area contributed by atoms with Crippen molar-refractivity contribution in [1.82, 2.24) is 9.47 Å². The molecule has 1 aromatic rings. The SMILES string of the molecule is CN1C(=O)c2cc(=O)c(C(N)=O)cn2C2(CCC2)C1CO. The third kappa shape index (κ3) is 1.67. The van der Waals surface area contributed by atoms with Crippen molar-refractivity contribution in [2.75, 3.05) is 13.7 Å². The van der Waals surface area contributed by atoms with Gasteiger partial charge in [-0.05, 0) is 19.3 Å². The lowest BCUT2D eigenvalue weighted by molar-refractivity contribution is -0.0219. The molecule has 0 bridgehead atoms. The Bertz CT molecular complexity index is 690. The Morgan fingerprint density at radius 3 is 2.62 bits per heavy atom. The van der Waals surface area contributed by atoms with Gasteiger partial charge < -0.3 is 20.3 Å². The first-order valence-corrected chi connectivity index (χ1v) is 6.87. The molecule has 0 saturated heterocycles. The van der Waals surface area contributed by atoms with Crippen molar-refractivity contribution in [3.63, 3.8) is 0 Å². The molecule has 1 spiro atoms. The van der Waals surface area contributed by atoms with Crippen molar-refractivity contribution >= 4 is 11.8 Å². The van der Waals surface area contributed by atoms with E-state index in [9.17, 15) is 19.5 Å². The van der Waals surface area contributed by atoms with Crippen molar-refractivity contribution in [3.8, 4) is 0 Å². The smallest absolute Gasteiger partial charge is 0.270 e. The topological polar surface area (TPSA) is 106 Å². The second-order valence-electron chi connectivity index (χ2n) is 5.74. The Morgan fingerprint density at radius 1 is 1.48 bits per heavy atom. The zero-order chi connectivity index (χ0) is 15.4. The van der Waals surface area contributed by atoms with Crippen LogP contribution in [0.2, 0.25) is 0 Å². The number of carbonyl (C=O) groups excluding carboxylic acids is 2. The first-order chi connectivity index (χ1) is 9.92. The van der Waals surface area contributed by atoms with Gasteiger partial charge in [0.15, 0.2) is 5.43 Å². The summed E-state index contributed by atoms with van der Waals surface area (Å²) >= 11 is 0. The molecule has 1 atom stereocenters. The molecule has 1 unspecified atom stereocenters. The average molecular weight is 291 g/mol. The summed E-state index contributed by atoms with van der Waals surface area (Å²) in [7, 11) is 1.62. The normalized spacial score (nSPS) is 22.9. The van der Waals surface area contributed by atoms with E-state index in [0.29, 0.717) is 0 Å². The van der Waals surface area contributed by atoms with Gasteiger partial charge in [0.1, 0.15) is 11.3 Å². The van der Waals surface area contributed by atoms with E-state index < -0.39 is 16.9 Å². The van der Waals surface area contributed by atoms with Crippen LogP contribution >= 0.6 is 0 Å². The zero-order valence-electron chi connectivity index (χ0n) is 11.7. The maximum atomic E-state index is 12.4. The van der Waals surface area contributed by atoms with Gasteiger partial charge in [-0.15, -0.1) is 0 Å². The van der Waals surface area contributed by atoms with E-state index >= 15 is 0 Å². The summed E-state index contributed by atoms with van der Waals surface area (Å²) in [5, 5.41) is 9.68. The summed E-state index contributed by atoms with van der Waals surface area (Å²) in [5.74, 6) is -1.14. The van der Waals surface area contributed by atoms with Crippen LogP contribution < -0.4 is 11.2 Å². The van der Waals surface area contributed by atoms with E-state index in [2.05, 4.69) is 0 Å². The number of hydrogen-bond donors (Lipinski definition) is 2. The third-order valence-corrected chi connectivity index (χ3v) is 4.82. The molecular formula is C14H17N3O4. The van der Waals surface area contributed by atoms with Gasteiger partial charge in [-0.3, -0.25) is 14.4 Å². The fourth-order valence-corrected chi connectivity index (χ4v) is 3.50. The monoisotopic (exact) mass is 291 g/mol. The number of aliphatic hydroxyl groups excluding tert-OH is 1. The number of primary amides is 1. The van der Waals surface area contributed by atoms with E-state index in [-0.39, 0.29) is 29.8 Å². The van der Waals surface area contributed by atoms with E-state index in [1.54, 1.807) is 11.6 Å². The highest BCUT2D eigenvalue weighted by Crippen LogP contribution is 2.46. The van der Waals surface area contributed by atoms with Crippen LogP contribution in [0.3, 0.4) is 0 Å². The molecule has 3 rings (SSSR count). The molecule has 2 heterocycles. The van der Waals surface area contributed by atoms with Crippen LogP contribution in [0.1, 0.15) is 40.1 Å². The zero-order valence-corrected chi connectivity index (χ0v) is 11.7. The second kappa shape index (κ2) is 4.42. The van der Waals surface area contributed by atoms with E-state index in [4.69, 9.17) is 5.73 Å². The van der Waals surface area contributed by atoms with Crippen molar-refractivity contribution in [2.24, 2.45) is 5.73 Å². The van der Waals surface area contributed by atoms with Gasteiger partial charge >= 0.3 is 0 Å². The molecule has 1 aliphatic heterocycles. The molecule has 1 saturated carbocycles. The summed E-state index contributed by atoms with van der Waals surface area (Å²) in [6, 6.07) is 0.807. The fourth-order valence-electron chi connectivity index (χ4n) is 3.50. The van der Waals surface area contributed by atoms with Crippen molar-refractivity contribution in [2.45, 2.75) is 30.8 Å². The highest BCUT2D eigenvalue weighted by molar-refractivity contribution is 5.96. The number of amides is 2. The number of likely N-dealkylation sites (N-methyl/N-ethyl adjacent to an activating group) is 1. The highest BCUT2D eigenvalue weighted by Gasteiger charge is 2.52. The molecule has 2 aliphatic rings. The van der Waals surface area contributed by atoms with Gasteiger partial charge in [-0.25, -0.2) is 0 Å². The predicted molar refractivity (Wildman–Crippen MR) is 74.0 cm³/mol. The standard InChI is InChI=1S/C14H17N3O4/c1-16-11(7-18)14(3-2-4-14)17-6-8(12(15)20)10(19)5-9(17)13(16)21/h5-6,11,18H,2-4,7H2,1H3,(H2,15,20). The van der Waals surface area contributed by atoms with Gasteiger partial charge in [0.25, 0.3) is 11.8 Å². The number of pyridine rings is 1. The van der Waals surface area contributed by atoms with Gasteiger partial charge in [0, 0.05) is 19.3 Å². The molecule has 1 fully saturated rings. The minimum absolute atomic E-state index is 0.126. The van der Waals surface area contributed by atoms with E-state index in [1.165, 1.54) is 17.2 Å². The molecular weight excluding hydrogens is 274 g/mol. The molecule has 0 aromatic carbocycles. The Morgan fingerprint density at radius 2 is 2.14 bits per heavy atom. The summed E-state index contributed by atoms with van der Waals surface area (Å²) in [4.78, 5) is 37.2. The molecule has 21 heavy (non-hydrogen) atoms. The van der Waals surface area contributed by atoms with Gasteiger partial charge in [-0.1, -0.05) is 0 Å². The Labute approximate surface area is 121 Å². The number of carbonyl (C=O) groups is 2. The molecule has 3 N–H and O–H groups in total. The van der Waals surface area contributed by atoms with E-state index in [1.807, 2.05) is 0 Å². The number of fused-ring (bicyclic) bond motifs is 2. The number of nitrogens with two attached hydrogens (primary N) is 1. The molecule has 1 aliphatic carbocycles. The third-order valence-electron chi connectivity index (χ3n) is 4.82. The highest BCUT2D eigenvalue weighted by atomic mass is 16.3. The minimum atomic E-state index is -0.809. The molecule has 2 amide bonds. The maximum absolute atomic E-state index is 12.4. The molecule has 1 aromatic heterocycles. The molecule has 0 radical (unpaired) electrons. The fraction of sp³-hybridized carbons (Fsp3) is 0.500. The lowest BCUT2D eigenvalue weighted by Crippen LogP contribution is -2.64. The van der Waals surface area contributed by atoms with Gasteiger partial charge in [0.05, 0.1) is 18.2 Å². The van der Waals surface area contributed by atoms with Crippen LogP contribution in [0.5, 0.6) is 0 Å². The van der Waals surface area contributed by atoms with Crippen molar-refractivity contribution in [3.05, 3.63) is 33.7 Å². The van der Waals surface area contributed by atoms with Crippen molar-refractivity contribution < 1.29 is 14.7 Å². The van der Waals surface area contributed by atoms with Gasteiger partial charge in [-0.2, -0.15) is 0 Å². The van der Waals surface area contributed by atoms with Crippen molar-refractivity contribution in [1.29, 1.82) is 0 Å². The lowest BCUT2D eigenvalue weighted by atomic mass is 9.69. The molecule has 7 heteroatoms. The number of hydrogen-bond acceptors (Lipinski definition) is 4. The lowest BCUT2D eigenvalue weighted by Gasteiger charge is -2.55. The maximum Gasteiger partial charge on any atom is 0.270 e. The van der Waals surface area contributed by atoms with Crippen LogP contribution in [0.4, 0.5) is 0 Å². The first kappa shape index (κ1) is 13.8. The number of nitrogens with zero attached hydrogens (tertiary/aromatic N) is 2. The largest absolute Gasteiger partial charge is 0.394 e. The summed E-state index contributed by atoms with van der Waals surface area (Å²) in [6.07, 6.45) is 3.91. The summed E-state index contributed by atoms with van der Waals surface area (Å²) in [6.45, 7) is -0.167. The molecule has 112 valence electrons. The second-order valence-corrected chi connectivity index (χ2v) is 5.74. The number of aliphatic hydroxyl groups is 1. The van der Waals surface area contributed by atoms with E-state index in [0.717, 1.165) is 19.3 Å². The van der Waals surface area contributed by atoms with Crippen LogP contribution in [0.15, 0.2) is 17.1 Å². The number of aromatic nitrogens is 1. The predicted octanol–water partition coefficient (Wildman–Crippen LogP) is -0.727. The Balaban J connectivity index is 2.28. The van der Waals surface area contributed by atoms with Crippen LogP contribution in [-0.2, 0) is 5.54 Å². The quantitative estimate of drug-likeness (QED) is 0.749. The summed E-state index contributed by atoms with van der Waals surface area (Å²) < 4.78 is 1.68. The minimum Gasteiger partial charge on any atom is -0.394 e. The Kier molecular flexibility index (Phi) is 2.91. The van der Waals surface area contributed by atoms with Crippen LogP contribution in [0, 0.1) is 0 Å². The van der Waals surface area contributed by atoms with Crippen LogP contribution in [-0.4, -0.2) is 46.1 Å². The first-order valence-electron chi connectivity index (χ1n) is 6.87. The van der Waals surface area contributed by atoms with Gasteiger partial charge in [0.2, 0.25) is 0 Å². The Hall–Kier alpha value is -2.15. The molecule has 7 nitrogen and oxygen atoms in total. The van der Waals surface area contributed by atoms with Crippen LogP contribution in [0.25, 0.3) is 0 Å².